The lowest BCUT2D eigenvalue weighted by molar-refractivity contribution is -0.145. The zero-order chi connectivity index (χ0) is 17.9. The van der Waals surface area contributed by atoms with Crippen molar-refractivity contribution in [2.24, 2.45) is 0 Å². The van der Waals surface area contributed by atoms with Crippen LogP contribution in [0.25, 0.3) is 28.0 Å². The van der Waals surface area contributed by atoms with E-state index < -0.39 is 23.6 Å². The molecule has 0 aliphatic carbocycles. The van der Waals surface area contributed by atoms with Crippen LogP contribution in [0.3, 0.4) is 0 Å². The number of imidazole rings is 1. The third-order valence-electron chi connectivity index (χ3n) is 3.62. The highest BCUT2D eigenvalue weighted by Gasteiger charge is 2.38. The molecule has 3 aromatic heterocycles. The Morgan fingerprint density at radius 3 is 2.68 bits per heavy atom. The van der Waals surface area contributed by atoms with Gasteiger partial charge in [0.25, 0.3) is 0 Å². The average Bonchev–Trinajstić information content (AvgIpc) is 3.06. The highest BCUT2D eigenvalue weighted by molar-refractivity contribution is 5.79. The number of benzene rings is 1. The minimum absolute atomic E-state index is 0.00829. The molecule has 0 unspecified atom stereocenters. The molecule has 6 nitrogen and oxygen atoms in total. The molecule has 0 aliphatic rings. The Labute approximate surface area is 135 Å². The Balaban J connectivity index is 2.12. The van der Waals surface area contributed by atoms with Crippen molar-refractivity contribution in [2.45, 2.75) is 13.1 Å². The monoisotopic (exact) mass is 352 g/mol. The molecule has 0 fully saturated rings. The lowest BCUT2D eigenvalue weighted by Gasteiger charge is -2.11. The van der Waals surface area contributed by atoms with Crippen molar-refractivity contribution in [1.82, 2.24) is 19.5 Å². The van der Waals surface area contributed by atoms with Gasteiger partial charge >= 0.3 is 11.9 Å². The molecular weight excluding hydrogens is 344 g/mol. The van der Waals surface area contributed by atoms with Crippen LogP contribution in [0.15, 0.2) is 33.5 Å². The number of rotatable bonds is 1. The number of pyridine rings is 1. The molecule has 3 heterocycles. The number of fused-ring (bicyclic) bond motifs is 2. The summed E-state index contributed by atoms with van der Waals surface area (Å²) in [5.74, 6) is -3.09. The lowest BCUT2D eigenvalue weighted by atomic mass is 10.2. The van der Waals surface area contributed by atoms with Gasteiger partial charge in [-0.15, -0.1) is 0 Å². The molecule has 1 aromatic carbocycles. The first kappa shape index (κ1) is 15.4. The van der Waals surface area contributed by atoms with Gasteiger partial charge < -0.3 is 4.42 Å². The van der Waals surface area contributed by atoms with Crippen molar-refractivity contribution >= 4 is 22.3 Å². The Morgan fingerprint density at radius 1 is 1.20 bits per heavy atom. The number of aryl methyl sites for hydroxylation is 1. The van der Waals surface area contributed by atoms with Crippen molar-refractivity contribution in [3.05, 3.63) is 52.2 Å². The van der Waals surface area contributed by atoms with Gasteiger partial charge in [-0.25, -0.2) is 19.2 Å². The lowest BCUT2D eigenvalue weighted by Crippen LogP contribution is -2.14. The molecule has 0 amide bonds. The molecule has 0 saturated carbocycles. The number of aromatic amines is 1. The SMILES string of the molecule is Cc1ccc2nc(C(F)(F)F)n(-c3cc(F)c4[nH]c(=O)oc4c3)c2n1. The Hall–Kier alpha value is -3.17. The van der Waals surface area contributed by atoms with E-state index in [0.29, 0.717) is 10.3 Å². The van der Waals surface area contributed by atoms with Gasteiger partial charge in [0, 0.05) is 17.8 Å². The molecule has 0 spiro atoms. The van der Waals surface area contributed by atoms with Crippen LogP contribution in [0, 0.1) is 12.7 Å². The van der Waals surface area contributed by atoms with E-state index in [0.717, 1.165) is 12.1 Å². The topological polar surface area (TPSA) is 76.7 Å². The number of nitrogens with zero attached hydrogens (tertiary/aromatic N) is 3. The molecule has 0 atom stereocenters. The molecule has 1 N–H and O–H groups in total. The zero-order valence-corrected chi connectivity index (χ0v) is 12.5. The van der Waals surface area contributed by atoms with E-state index in [4.69, 9.17) is 4.42 Å². The van der Waals surface area contributed by atoms with E-state index in [1.54, 1.807) is 6.92 Å². The van der Waals surface area contributed by atoms with E-state index in [1.165, 1.54) is 12.1 Å². The van der Waals surface area contributed by atoms with Crippen LogP contribution in [0.5, 0.6) is 0 Å². The Bertz CT molecular complexity index is 1190. The standard InChI is InChI=1S/C15H8F4N4O2/c1-6-2-3-9-12(20-6)23(13(21-9)15(17,18)19)7-4-8(16)11-10(5-7)25-14(24)22-11/h2-5H,1H3,(H,22,24). The highest BCUT2D eigenvalue weighted by atomic mass is 19.4. The Morgan fingerprint density at radius 2 is 1.96 bits per heavy atom. The van der Waals surface area contributed by atoms with Gasteiger partial charge in [-0.1, -0.05) is 0 Å². The summed E-state index contributed by atoms with van der Waals surface area (Å²) < 4.78 is 59.9. The summed E-state index contributed by atoms with van der Waals surface area (Å²) in [6.45, 7) is 1.61. The van der Waals surface area contributed by atoms with E-state index in [9.17, 15) is 22.4 Å². The molecule has 0 aliphatic heterocycles. The van der Waals surface area contributed by atoms with E-state index in [1.807, 2.05) is 0 Å². The molecule has 10 heteroatoms. The molecule has 25 heavy (non-hydrogen) atoms. The number of hydrogen-bond acceptors (Lipinski definition) is 4. The number of alkyl halides is 3. The molecule has 0 saturated heterocycles. The minimum atomic E-state index is -4.79. The zero-order valence-electron chi connectivity index (χ0n) is 12.5. The van der Waals surface area contributed by atoms with E-state index >= 15 is 0 Å². The number of hydrogen-bond donors (Lipinski definition) is 1. The fourth-order valence-electron chi connectivity index (χ4n) is 2.61. The maximum absolute atomic E-state index is 14.2. The minimum Gasteiger partial charge on any atom is -0.408 e. The highest BCUT2D eigenvalue weighted by Crippen LogP contribution is 2.34. The maximum Gasteiger partial charge on any atom is 0.450 e. The second-order valence-electron chi connectivity index (χ2n) is 5.38. The van der Waals surface area contributed by atoms with Crippen molar-refractivity contribution in [1.29, 1.82) is 0 Å². The summed E-state index contributed by atoms with van der Waals surface area (Å²) in [6, 6.07) is 4.90. The quantitative estimate of drug-likeness (QED) is 0.533. The van der Waals surface area contributed by atoms with Crippen LogP contribution >= 0.6 is 0 Å². The first-order valence-electron chi connectivity index (χ1n) is 7.00. The first-order valence-corrected chi connectivity index (χ1v) is 7.00. The van der Waals surface area contributed by atoms with Gasteiger partial charge in [0.15, 0.2) is 17.0 Å². The van der Waals surface area contributed by atoms with Crippen LogP contribution in [-0.4, -0.2) is 19.5 Å². The predicted molar refractivity (Wildman–Crippen MR) is 79.0 cm³/mol. The first-order chi connectivity index (χ1) is 11.7. The van der Waals surface area contributed by atoms with Gasteiger partial charge in [-0.2, -0.15) is 13.2 Å². The average molecular weight is 352 g/mol. The van der Waals surface area contributed by atoms with Crippen LogP contribution in [0.4, 0.5) is 17.6 Å². The number of oxazole rings is 1. The van der Waals surface area contributed by atoms with Crippen LogP contribution in [-0.2, 0) is 6.18 Å². The van der Waals surface area contributed by atoms with Crippen molar-refractivity contribution in [3.63, 3.8) is 0 Å². The third-order valence-corrected chi connectivity index (χ3v) is 3.62. The summed E-state index contributed by atoms with van der Waals surface area (Å²) in [5, 5.41) is 0. The molecule has 0 bridgehead atoms. The smallest absolute Gasteiger partial charge is 0.408 e. The summed E-state index contributed by atoms with van der Waals surface area (Å²) in [7, 11) is 0. The third kappa shape index (κ3) is 2.37. The largest absolute Gasteiger partial charge is 0.450 e. The van der Waals surface area contributed by atoms with E-state index in [2.05, 4.69) is 15.0 Å². The summed E-state index contributed by atoms with van der Waals surface area (Å²) in [5.41, 5.74) is -0.241. The van der Waals surface area contributed by atoms with Crippen molar-refractivity contribution in [2.75, 3.05) is 0 Å². The number of aromatic nitrogens is 4. The second-order valence-corrected chi connectivity index (χ2v) is 5.38. The molecule has 4 rings (SSSR count). The molecule has 0 radical (unpaired) electrons. The van der Waals surface area contributed by atoms with Gasteiger partial charge in [0.05, 0.1) is 5.69 Å². The summed E-state index contributed by atoms with van der Waals surface area (Å²) in [6.07, 6.45) is -4.79. The molecular formula is C15H8F4N4O2. The van der Waals surface area contributed by atoms with Gasteiger partial charge in [-0.3, -0.25) is 9.55 Å². The van der Waals surface area contributed by atoms with Gasteiger partial charge in [0.1, 0.15) is 11.0 Å². The fraction of sp³-hybridized carbons (Fsp3) is 0.133. The van der Waals surface area contributed by atoms with Crippen LogP contribution in [0.2, 0.25) is 0 Å². The predicted octanol–water partition coefficient (Wildman–Crippen LogP) is 3.32. The second kappa shape index (κ2) is 4.91. The molecule has 128 valence electrons. The van der Waals surface area contributed by atoms with Crippen LogP contribution in [0.1, 0.15) is 11.5 Å². The van der Waals surface area contributed by atoms with Crippen molar-refractivity contribution < 1.29 is 22.0 Å². The Kier molecular flexibility index (Phi) is 3.02. The number of halogens is 4. The van der Waals surface area contributed by atoms with Gasteiger partial charge in [-0.05, 0) is 19.1 Å². The number of nitrogens with one attached hydrogen (secondary N) is 1. The maximum atomic E-state index is 14.2. The van der Waals surface area contributed by atoms with E-state index in [-0.39, 0.29) is 28.0 Å². The van der Waals surface area contributed by atoms with Crippen molar-refractivity contribution in [3.8, 4) is 5.69 Å². The molecule has 4 aromatic rings. The van der Waals surface area contributed by atoms with Gasteiger partial charge in [0.2, 0.25) is 5.82 Å². The normalized spacial score (nSPS) is 12.4. The van der Waals surface area contributed by atoms with Crippen LogP contribution < -0.4 is 5.76 Å². The fourth-order valence-corrected chi connectivity index (χ4v) is 2.61. The summed E-state index contributed by atoms with van der Waals surface area (Å²) >= 11 is 0. The summed E-state index contributed by atoms with van der Waals surface area (Å²) in [4.78, 5) is 21.0. The number of H-pyrrole nitrogens is 1.